The van der Waals surface area contributed by atoms with Gasteiger partial charge in [0.25, 0.3) is 0 Å². The zero-order chi connectivity index (χ0) is 13.0. The molecule has 1 aromatic carbocycles. The molecule has 1 aromatic rings. The lowest BCUT2D eigenvalue weighted by molar-refractivity contribution is 0.408. The molecule has 2 rings (SSSR count). The quantitative estimate of drug-likeness (QED) is 0.822. The molecule has 1 fully saturated rings. The summed E-state index contributed by atoms with van der Waals surface area (Å²) in [6, 6.07) is 8.42. The summed E-state index contributed by atoms with van der Waals surface area (Å²) in [6.45, 7) is 1.68. The lowest BCUT2D eigenvalue weighted by Crippen LogP contribution is -2.25. The van der Waals surface area contributed by atoms with E-state index in [1.807, 2.05) is 12.1 Å². The van der Waals surface area contributed by atoms with Gasteiger partial charge >= 0.3 is 0 Å². The highest BCUT2D eigenvalue weighted by atomic mass is 79.9. The molecule has 0 spiro atoms. The lowest BCUT2D eigenvalue weighted by atomic mass is 10.1. The van der Waals surface area contributed by atoms with E-state index < -0.39 is 0 Å². The number of nitrogens with zero attached hydrogens (tertiary/aromatic N) is 1. The van der Waals surface area contributed by atoms with Crippen LogP contribution in [-0.4, -0.2) is 20.2 Å². The van der Waals surface area contributed by atoms with Crippen molar-refractivity contribution < 1.29 is 4.74 Å². The third kappa shape index (κ3) is 3.24. The lowest BCUT2D eigenvalue weighted by Gasteiger charge is -2.11. The zero-order valence-electron chi connectivity index (χ0n) is 10.5. The van der Waals surface area contributed by atoms with Crippen molar-refractivity contribution in [1.29, 1.82) is 5.26 Å². The van der Waals surface area contributed by atoms with Crippen molar-refractivity contribution in [2.75, 3.05) is 20.2 Å². The normalized spacial score (nSPS) is 16.1. The number of nitrogens with one attached hydrogen (secondary N) is 1. The SMILES string of the molecule is COc1ccc(Br)cc1CCNCC1(C#N)CC1. The van der Waals surface area contributed by atoms with Gasteiger partial charge in [0.15, 0.2) is 0 Å². The predicted molar refractivity (Wildman–Crippen MR) is 74.5 cm³/mol. The molecule has 0 radical (unpaired) electrons. The van der Waals surface area contributed by atoms with E-state index in [0.717, 1.165) is 42.6 Å². The number of hydrogen-bond donors (Lipinski definition) is 1. The van der Waals surface area contributed by atoms with Crippen molar-refractivity contribution in [3.05, 3.63) is 28.2 Å². The molecule has 1 N–H and O–H groups in total. The average Bonchev–Trinajstić information content (AvgIpc) is 3.16. The topological polar surface area (TPSA) is 45.0 Å². The number of hydrogen-bond acceptors (Lipinski definition) is 3. The van der Waals surface area contributed by atoms with Crippen molar-refractivity contribution in [1.82, 2.24) is 5.32 Å². The first-order valence-corrected chi connectivity index (χ1v) is 6.93. The Morgan fingerprint density at radius 1 is 1.50 bits per heavy atom. The minimum atomic E-state index is -0.0681. The number of methoxy groups -OCH3 is 1. The molecule has 0 aromatic heterocycles. The fourth-order valence-corrected chi connectivity index (χ4v) is 2.38. The van der Waals surface area contributed by atoms with E-state index >= 15 is 0 Å². The molecule has 0 saturated heterocycles. The second-order valence-electron chi connectivity index (χ2n) is 4.78. The second-order valence-corrected chi connectivity index (χ2v) is 5.69. The molecule has 18 heavy (non-hydrogen) atoms. The van der Waals surface area contributed by atoms with Crippen molar-refractivity contribution in [3.63, 3.8) is 0 Å². The van der Waals surface area contributed by atoms with Crippen LogP contribution in [-0.2, 0) is 6.42 Å². The Labute approximate surface area is 116 Å². The summed E-state index contributed by atoms with van der Waals surface area (Å²) in [4.78, 5) is 0. The number of rotatable bonds is 6. The Kier molecular flexibility index (Phi) is 4.26. The first-order chi connectivity index (χ1) is 8.69. The van der Waals surface area contributed by atoms with Crippen LogP contribution in [0.1, 0.15) is 18.4 Å². The number of halogens is 1. The van der Waals surface area contributed by atoms with E-state index in [4.69, 9.17) is 10.00 Å². The molecular weight excluding hydrogens is 292 g/mol. The maximum absolute atomic E-state index is 8.98. The Bertz CT molecular complexity index is 463. The van der Waals surface area contributed by atoms with Crippen molar-refractivity contribution >= 4 is 15.9 Å². The van der Waals surface area contributed by atoms with Crippen LogP contribution in [0.3, 0.4) is 0 Å². The van der Waals surface area contributed by atoms with Crippen LogP contribution >= 0.6 is 15.9 Å². The summed E-state index contributed by atoms with van der Waals surface area (Å²) in [5.74, 6) is 0.918. The van der Waals surface area contributed by atoms with Crippen LogP contribution in [0.2, 0.25) is 0 Å². The molecule has 0 unspecified atom stereocenters. The predicted octanol–water partition coefficient (Wildman–Crippen LogP) is 2.89. The maximum atomic E-state index is 8.98. The third-order valence-corrected chi connectivity index (χ3v) is 3.86. The monoisotopic (exact) mass is 308 g/mol. The highest BCUT2D eigenvalue weighted by Crippen LogP contribution is 2.43. The zero-order valence-corrected chi connectivity index (χ0v) is 12.1. The molecule has 1 aliphatic rings. The molecule has 1 saturated carbocycles. The first-order valence-electron chi connectivity index (χ1n) is 6.13. The molecule has 1 aliphatic carbocycles. The minimum Gasteiger partial charge on any atom is -0.496 e. The van der Waals surface area contributed by atoms with Gasteiger partial charge < -0.3 is 10.1 Å². The Hall–Kier alpha value is -1.05. The van der Waals surface area contributed by atoms with E-state index in [2.05, 4.69) is 33.4 Å². The maximum Gasteiger partial charge on any atom is 0.122 e. The van der Waals surface area contributed by atoms with Crippen LogP contribution in [0.25, 0.3) is 0 Å². The molecule has 3 nitrogen and oxygen atoms in total. The van der Waals surface area contributed by atoms with Gasteiger partial charge in [-0.3, -0.25) is 0 Å². The van der Waals surface area contributed by atoms with Gasteiger partial charge in [-0.05, 0) is 49.6 Å². The standard InChI is InChI=1S/C14H17BrN2O/c1-18-13-3-2-12(15)8-11(13)4-7-17-10-14(9-16)5-6-14/h2-3,8,17H,4-7,10H2,1H3. The smallest absolute Gasteiger partial charge is 0.122 e. The molecular formula is C14H17BrN2O. The average molecular weight is 309 g/mol. The highest BCUT2D eigenvalue weighted by Gasteiger charge is 2.42. The molecule has 4 heteroatoms. The summed E-state index contributed by atoms with van der Waals surface area (Å²) in [7, 11) is 1.69. The highest BCUT2D eigenvalue weighted by molar-refractivity contribution is 9.10. The summed E-state index contributed by atoms with van der Waals surface area (Å²) in [5.41, 5.74) is 1.11. The van der Waals surface area contributed by atoms with Crippen LogP contribution < -0.4 is 10.1 Å². The largest absolute Gasteiger partial charge is 0.496 e. The van der Waals surface area contributed by atoms with Crippen molar-refractivity contribution in [2.24, 2.45) is 5.41 Å². The summed E-state index contributed by atoms with van der Waals surface area (Å²) >= 11 is 3.47. The van der Waals surface area contributed by atoms with Crippen molar-refractivity contribution in [2.45, 2.75) is 19.3 Å². The number of benzene rings is 1. The van der Waals surface area contributed by atoms with E-state index in [9.17, 15) is 0 Å². The van der Waals surface area contributed by atoms with E-state index in [0.29, 0.717) is 0 Å². The summed E-state index contributed by atoms with van der Waals surface area (Å²) in [6.07, 6.45) is 2.98. The van der Waals surface area contributed by atoms with Gasteiger partial charge in [0.05, 0.1) is 18.6 Å². The second kappa shape index (κ2) is 5.73. The molecule has 0 aliphatic heterocycles. The number of ether oxygens (including phenoxy) is 1. The van der Waals surface area contributed by atoms with E-state index in [1.165, 1.54) is 5.56 Å². The minimum absolute atomic E-state index is 0.0681. The summed E-state index contributed by atoms with van der Waals surface area (Å²) in [5, 5.41) is 12.3. The van der Waals surface area contributed by atoms with Gasteiger partial charge in [-0.2, -0.15) is 5.26 Å². The fraction of sp³-hybridized carbons (Fsp3) is 0.500. The third-order valence-electron chi connectivity index (χ3n) is 3.37. The summed E-state index contributed by atoms with van der Waals surface area (Å²) < 4.78 is 6.39. The van der Waals surface area contributed by atoms with Crippen LogP contribution in [0.4, 0.5) is 0 Å². The molecule has 0 bridgehead atoms. The fourth-order valence-electron chi connectivity index (χ4n) is 1.97. The number of nitriles is 1. The first kappa shape index (κ1) is 13.4. The Morgan fingerprint density at radius 3 is 2.89 bits per heavy atom. The Balaban J connectivity index is 1.83. The van der Waals surface area contributed by atoms with E-state index in [1.54, 1.807) is 7.11 Å². The van der Waals surface area contributed by atoms with Gasteiger partial charge in [-0.1, -0.05) is 15.9 Å². The van der Waals surface area contributed by atoms with Gasteiger partial charge in [-0.25, -0.2) is 0 Å². The van der Waals surface area contributed by atoms with Gasteiger partial charge in [0, 0.05) is 11.0 Å². The molecule has 0 heterocycles. The molecule has 0 amide bonds. The van der Waals surface area contributed by atoms with Crippen LogP contribution in [0.5, 0.6) is 5.75 Å². The van der Waals surface area contributed by atoms with E-state index in [-0.39, 0.29) is 5.41 Å². The molecule has 0 atom stereocenters. The van der Waals surface area contributed by atoms with Crippen molar-refractivity contribution in [3.8, 4) is 11.8 Å². The Morgan fingerprint density at radius 2 is 2.28 bits per heavy atom. The van der Waals surface area contributed by atoms with Gasteiger partial charge in [-0.15, -0.1) is 0 Å². The van der Waals surface area contributed by atoms with Crippen LogP contribution in [0, 0.1) is 16.7 Å². The van der Waals surface area contributed by atoms with Crippen LogP contribution in [0.15, 0.2) is 22.7 Å². The van der Waals surface area contributed by atoms with Gasteiger partial charge in [0.2, 0.25) is 0 Å². The molecule has 96 valence electrons. The van der Waals surface area contributed by atoms with Gasteiger partial charge in [0.1, 0.15) is 5.75 Å².